The SMILES string of the molecule is CCC(C(=O)OC)N1C(=O)[C@@H](NC(=O)OCc2ccccc2)CNc2ccccc21. The summed E-state index contributed by atoms with van der Waals surface area (Å²) in [6.45, 7) is 2.04. The van der Waals surface area contributed by atoms with Crippen LogP contribution in [-0.2, 0) is 25.7 Å². The van der Waals surface area contributed by atoms with Crippen LogP contribution in [0.4, 0.5) is 16.2 Å². The Labute approximate surface area is 175 Å². The minimum atomic E-state index is -0.917. The topological polar surface area (TPSA) is 97.0 Å². The van der Waals surface area contributed by atoms with Crippen molar-refractivity contribution in [2.45, 2.75) is 32.0 Å². The Morgan fingerprint density at radius 3 is 2.57 bits per heavy atom. The van der Waals surface area contributed by atoms with Gasteiger partial charge < -0.3 is 20.1 Å². The lowest BCUT2D eigenvalue weighted by molar-refractivity contribution is -0.143. The number of ether oxygens (including phenoxy) is 2. The van der Waals surface area contributed by atoms with Gasteiger partial charge in [0.05, 0.1) is 18.5 Å². The number of amides is 2. The fourth-order valence-electron chi connectivity index (χ4n) is 3.35. The molecule has 0 saturated heterocycles. The van der Waals surface area contributed by atoms with Crippen LogP contribution >= 0.6 is 0 Å². The number of para-hydroxylation sites is 2. The highest BCUT2D eigenvalue weighted by atomic mass is 16.5. The predicted molar refractivity (Wildman–Crippen MR) is 112 cm³/mol. The highest BCUT2D eigenvalue weighted by molar-refractivity contribution is 6.06. The van der Waals surface area contributed by atoms with Crippen LogP contribution in [0.15, 0.2) is 54.6 Å². The first kappa shape index (κ1) is 21.2. The van der Waals surface area contributed by atoms with Gasteiger partial charge >= 0.3 is 12.1 Å². The van der Waals surface area contributed by atoms with E-state index in [1.54, 1.807) is 19.1 Å². The third kappa shape index (κ3) is 4.71. The molecule has 2 amide bonds. The summed E-state index contributed by atoms with van der Waals surface area (Å²) in [5, 5.41) is 5.78. The first-order chi connectivity index (χ1) is 14.5. The summed E-state index contributed by atoms with van der Waals surface area (Å²) in [4.78, 5) is 39.4. The molecule has 158 valence electrons. The van der Waals surface area contributed by atoms with Gasteiger partial charge in [0, 0.05) is 6.54 Å². The second kappa shape index (κ2) is 9.78. The van der Waals surface area contributed by atoms with Gasteiger partial charge in [-0.2, -0.15) is 0 Å². The number of esters is 1. The molecular weight excluding hydrogens is 386 g/mol. The molecule has 0 aliphatic carbocycles. The van der Waals surface area contributed by atoms with Crippen LogP contribution < -0.4 is 15.5 Å². The van der Waals surface area contributed by atoms with Crippen molar-refractivity contribution < 1.29 is 23.9 Å². The van der Waals surface area contributed by atoms with E-state index in [0.29, 0.717) is 17.8 Å². The lowest BCUT2D eigenvalue weighted by Gasteiger charge is -2.31. The van der Waals surface area contributed by atoms with Gasteiger partial charge in [0.25, 0.3) is 5.91 Å². The second-order valence-electron chi connectivity index (χ2n) is 6.81. The number of benzene rings is 2. The molecule has 0 fully saturated rings. The summed E-state index contributed by atoms with van der Waals surface area (Å²) in [7, 11) is 1.29. The molecule has 2 atom stereocenters. The summed E-state index contributed by atoms with van der Waals surface area (Å²) in [5.74, 6) is -0.936. The summed E-state index contributed by atoms with van der Waals surface area (Å²) < 4.78 is 10.1. The quantitative estimate of drug-likeness (QED) is 0.710. The number of hydrogen-bond donors (Lipinski definition) is 2. The van der Waals surface area contributed by atoms with Crippen molar-refractivity contribution in [3.05, 3.63) is 60.2 Å². The molecule has 2 N–H and O–H groups in total. The molecule has 1 aliphatic heterocycles. The molecule has 30 heavy (non-hydrogen) atoms. The maximum atomic E-state index is 13.3. The minimum Gasteiger partial charge on any atom is -0.467 e. The van der Waals surface area contributed by atoms with Gasteiger partial charge in [0.2, 0.25) is 0 Å². The van der Waals surface area contributed by atoms with Crippen LogP contribution in [0.3, 0.4) is 0 Å². The fraction of sp³-hybridized carbons (Fsp3) is 0.318. The fourth-order valence-corrected chi connectivity index (χ4v) is 3.35. The van der Waals surface area contributed by atoms with Crippen LogP contribution in [0, 0.1) is 0 Å². The first-order valence-corrected chi connectivity index (χ1v) is 9.76. The number of anilines is 2. The molecule has 0 aromatic heterocycles. The molecule has 3 rings (SSSR count). The van der Waals surface area contributed by atoms with Crippen molar-refractivity contribution >= 4 is 29.3 Å². The number of nitrogens with zero attached hydrogens (tertiary/aromatic N) is 1. The zero-order valence-electron chi connectivity index (χ0n) is 17.0. The molecule has 8 heteroatoms. The van der Waals surface area contributed by atoms with Crippen molar-refractivity contribution in [1.29, 1.82) is 0 Å². The lowest BCUT2D eigenvalue weighted by Crippen LogP contribution is -2.55. The molecule has 2 aromatic rings. The number of fused-ring (bicyclic) bond motifs is 1. The number of carbonyl (C=O) groups excluding carboxylic acids is 3. The first-order valence-electron chi connectivity index (χ1n) is 9.76. The van der Waals surface area contributed by atoms with E-state index in [2.05, 4.69) is 10.6 Å². The van der Waals surface area contributed by atoms with E-state index in [1.807, 2.05) is 42.5 Å². The van der Waals surface area contributed by atoms with Gasteiger partial charge in [0.15, 0.2) is 0 Å². The highest BCUT2D eigenvalue weighted by Gasteiger charge is 2.38. The van der Waals surface area contributed by atoms with E-state index in [0.717, 1.165) is 5.56 Å². The Morgan fingerprint density at radius 1 is 1.17 bits per heavy atom. The normalized spacial score (nSPS) is 16.5. The van der Waals surface area contributed by atoms with Gasteiger partial charge in [-0.05, 0) is 24.1 Å². The largest absolute Gasteiger partial charge is 0.467 e. The lowest BCUT2D eigenvalue weighted by atomic mass is 10.1. The number of carbonyl (C=O) groups is 3. The Balaban J connectivity index is 1.79. The summed E-state index contributed by atoms with van der Waals surface area (Å²) in [5.41, 5.74) is 2.08. The number of rotatable bonds is 6. The zero-order valence-corrected chi connectivity index (χ0v) is 17.0. The summed E-state index contributed by atoms with van der Waals surface area (Å²) >= 11 is 0. The molecule has 0 spiro atoms. The van der Waals surface area contributed by atoms with Crippen molar-refractivity contribution in [2.24, 2.45) is 0 Å². The third-order valence-corrected chi connectivity index (χ3v) is 4.87. The molecule has 0 bridgehead atoms. The van der Waals surface area contributed by atoms with Crippen LogP contribution in [-0.4, -0.2) is 43.7 Å². The Morgan fingerprint density at radius 2 is 1.87 bits per heavy atom. The number of methoxy groups -OCH3 is 1. The Kier molecular flexibility index (Phi) is 6.90. The Hall–Kier alpha value is -3.55. The van der Waals surface area contributed by atoms with Gasteiger partial charge in [-0.1, -0.05) is 49.4 Å². The standard InChI is InChI=1S/C22H25N3O5/c1-3-18(21(27)29-2)25-19-12-8-7-11-16(19)23-13-17(20(25)26)24-22(28)30-14-15-9-5-4-6-10-15/h4-12,17-18,23H,3,13-14H2,1-2H3,(H,24,28)/t17-,18?/m0/s1. The number of hydrogen-bond acceptors (Lipinski definition) is 6. The molecule has 0 radical (unpaired) electrons. The molecular formula is C22H25N3O5. The minimum absolute atomic E-state index is 0.0880. The van der Waals surface area contributed by atoms with Gasteiger partial charge in [0.1, 0.15) is 18.7 Å². The zero-order chi connectivity index (χ0) is 21.5. The molecule has 1 aliphatic rings. The maximum Gasteiger partial charge on any atom is 0.408 e. The maximum absolute atomic E-state index is 13.3. The van der Waals surface area contributed by atoms with Gasteiger partial charge in [-0.3, -0.25) is 9.69 Å². The van der Waals surface area contributed by atoms with Crippen molar-refractivity contribution in [3.63, 3.8) is 0 Å². The van der Waals surface area contributed by atoms with Crippen LogP contribution in [0.2, 0.25) is 0 Å². The summed E-state index contributed by atoms with van der Waals surface area (Å²) in [6.07, 6.45) is -0.353. The molecule has 1 unspecified atom stereocenters. The van der Waals surface area contributed by atoms with Gasteiger partial charge in [-0.25, -0.2) is 9.59 Å². The monoisotopic (exact) mass is 411 g/mol. The van der Waals surface area contributed by atoms with Crippen LogP contribution in [0.1, 0.15) is 18.9 Å². The molecule has 1 heterocycles. The van der Waals surface area contributed by atoms with E-state index in [1.165, 1.54) is 12.0 Å². The van der Waals surface area contributed by atoms with Gasteiger partial charge in [-0.15, -0.1) is 0 Å². The second-order valence-corrected chi connectivity index (χ2v) is 6.81. The predicted octanol–water partition coefficient (Wildman–Crippen LogP) is 2.69. The van der Waals surface area contributed by atoms with E-state index in [-0.39, 0.29) is 13.2 Å². The molecule has 8 nitrogen and oxygen atoms in total. The highest BCUT2D eigenvalue weighted by Crippen LogP contribution is 2.31. The van der Waals surface area contributed by atoms with E-state index < -0.39 is 30.1 Å². The number of alkyl carbamates (subject to hydrolysis) is 1. The van der Waals surface area contributed by atoms with Crippen molar-refractivity contribution in [2.75, 3.05) is 23.9 Å². The average molecular weight is 411 g/mol. The Bertz CT molecular complexity index is 903. The van der Waals surface area contributed by atoms with Crippen LogP contribution in [0.5, 0.6) is 0 Å². The number of nitrogens with one attached hydrogen (secondary N) is 2. The molecule has 2 aromatic carbocycles. The van der Waals surface area contributed by atoms with Crippen LogP contribution in [0.25, 0.3) is 0 Å². The average Bonchev–Trinajstić information content (AvgIpc) is 2.91. The van der Waals surface area contributed by atoms with Crippen molar-refractivity contribution in [3.8, 4) is 0 Å². The van der Waals surface area contributed by atoms with Crippen molar-refractivity contribution in [1.82, 2.24) is 5.32 Å². The van der Waals surface area contributed by atoms with E-state index in [9.17, 15) is 14.4 Å². The molecule has 0 saturated carbocycles. The van der Waals surface area contributed by atoms with E-state index >= 15 is 0 Å². The summed E-state index contributed by atoms with van der Waals surface area (Å²) in [6, 6.07) is 14.7. The van der Waals surface area contributed by atoms with E-state index in [4.69, 9.17) is 9.47 Å². The third-order valence-electron chi connectivity index (χ3n) is 4.87. The smallest absolute Gasteiger partial charge is 0.408 e.